The molecule has 118 valence electrons. The zero-order valence-electron chi connectivity index (χ0n) is 12.9. The van der Waals surface area contributed by atoms with Gasteiger partial charge in [-0.15, -0.1) is 12.4 Å². The Balaban J connectivity index is 0.00000220. The molecule has 2 N–H and O–H groups in total. The van der Waals surface area contributed by atoms with Crippen LogP contribution >= 0.6 is 12.4 Å². The molecule has 0 spiro atoms. The van der Waals surface area contributed by atoms with Crippen LogP contribution in [0.4, 0.5) is 0 Å². The van der Waals surface area contributed by atoms with E-state index in [0.717, 1.165) is 30.0 Å². The monoisotopic (exact) mass is 310 g/mol. The fraction of sp³-hybridized carbons (Fsp3) is 0.588. The molecular weight excluding hydrogens is 284 g/mol. The van der Waals surface area contributed by atoms with Crippen molar-refractivity contribution in [1.82, 2.24) is 4.90 Å². The van der Waals surface area contributed by atoms with Gasteiger partial charge in [-0.3, -0.25) is 4.79 Å². The zero-order chi connectivity index (χ0) is 14.4. The second-order valence-corrected chi connectivity index (χ2v) is 5.92. The first-order chi connectivity index (χ1) is 9.70. The largest absolute Gasteiger partial charge is 0.342 e. The summed E-state index contributed by atoms with van der Waals surface area (Å²) in [6.07, 6.45) is 7.94. The fourth-order valence-electron chi connectivity index (χ4n) is 2.96. The molecule has 1 aliphatic carbocycles. The van der Waals surface area contributed by atoms with Gasteiger partial charge in [-0.25, -0.2) is 0 Å². The molecule has 0 bridgehead atoms. The topological polar surface area (TPSA) is 46.3 Å². The van der Waals surface area contributed by atoms with Gasteiger partial charge in [-0.05, 0) is 30.0 Å². The summed E-state index contributed by atoms with van der Waals surface area (Å²) in [5, 5.41) is 0. The molecule has 0 aliphatic heterocycles. The van der Waals surface area contributed by atoms with Gasteiger partial charge in [-0.2, -0.15) is 0 Å². The fourth-order valence-corrected chi connectivity index (χ4v) is 2.96. The lowest BCUT2D eigenvalue weighted by Gasteiger charge is -2.24. The summed E-state index contributed by atoms with van der Waals surface area (Å²) in [6.45, 7) is 1.38. The van der Waals surface area contributed by atoms with E-state index in [4.69, 9.17) is 5.73 Å². The SMILES string of the molecule is CN(CCC1CCCCC1)C(=O)c1ccc(CN)cc1.Cl. The van der Waals surface area contributed by atoms with E-state index in [9.17, 15) is 4.79 Å². The second-order valence-electron chi connectivity index (χ2n) is 5.92. The minimum atomic E-state index is 0. The standard InChI is InChI=1S/C17H26N2O.ClH/c1-19(12-11-14-5-3-2-4-6-14)17(20)16-9-7-15(13-18)8-10-16;/h7-10,14H,2-6,11-13,18H2,1H3;1H. The Bertz CT molecular complexity index is 427. The number of benzene rings is 1. The number of carbonyl (C=O) groups is 1. The molecule has 1 aromatic rings. The molecule has 4 heteroatoms. The van der Waals surface area contributed by atoms with Gasteiger partial charge in [0.05, 0.1) is 0 Å². The Morgan fingerprint density at radius 2 is 1.81 bits per heavy atom. The van der Waals surface area contributed by atoms with Gasteiger partial charge in [0.15, 0.2) is 0 Å². The maximum absolute atomic E-state index is 12.3. The Labute approximate surface area is 134 Å². The van der Waals surface area contributed by atoms with Gasteiger partial charge >= 0.3 is 0 Å². The molecule has 2 rings (SSSR count). The highest BCUT2D eigenvalue weighted by Crippen LogP contribution is 2.26. The smallest absolute Gasteiger partial charge is 0.253 e. The summed E-state index contributed by atoms with van der Waals surface area (Å²) in [4.78, 5) is 14.2. The lowest BCUT2D eigenvalue weighted by molar-refractivity contribution is 0.0784. The van der Waals surface area contributed by atoms with Crippen molar-refractivity contribution < 1.29 is 4.79 Å². The van der Waals surface area contributed by atoms with Gasteiger partial charge in [-0.1, -0.05) is 44.2 Å². The number of rotatable bonds is 5. The first-order valence-corrected chi connectivity index (χ1v) is 7.75. The van der Waals surface area contributed by atoms with Crippen molar-refractivity contribution in [2.45, 2.75) is 45.1 Å². The van der Waals surface area contributed by atoms with Crippen LogP contribution in [0, 0.1) is 5.92 Å². The number of amides is 1. The molecule has 1 amide bonds. The summed E-state index contributed by atoms with van der Waals surface area (Å²) >= 11 is 0. The van der Waals surface area contributed by atoms with Crippen molar-refractivity contribution >= 4 is 18.3 Å². The van der Waals surface area contributed by atoms with Crippen LogP contribution in [0.2, 0.25) is 0 Å². The van der Waals surface area contributed by atoms with Crippen molar-refractivity contribution in [3.63, 3.8) is 0 Å². The van der Waals surface area contributed by atoms with Crippen LogP contribution in [0.25, 0.3) is 0 Å². The molecule has 0 aromatic heterocycles. The average Bonchev–Trinajstić information content (AvgIpc) is 2.53. The maximum atomic E-state index is 12.3. The molecule has 0 atom stereocenters. The molecule has 3 nitrogen and oxygen atoms in total. The number of carbonyl (C=O) groups excluding carboxylic acids is 1. The second kappa shape index (κ2) is 9.06. The third kappa shape index (κ3) is 5.33. The molecule has 1 aliphatic rings. The van der Waals surface area contributed by atoms with Gasteiger partial charge in [0.2, 0.25) is 0 Å². The number of nitrogens with two attached hydrogens (primary N) is 1. The maximum Gasteiger partial charge on any atom is 0.253 e. The molecule has 0 unspecified atom stereocenters. The van der Waals surface area contributed by atoms with E-state index in [0.29, 0.717) is 6.54 Å². The minimum absolute atomic E-state index is 0. The van der Waals surface area contributed by atoms with E-state index in [-0.39, 0.29) is 18.3 Å². The van der Waals surface area contributed by atoms with Crippen LogP contribution in [-0.4, -0.2) is 24.4 Å². The lowest BCUT2D eigenvalue weighted by atomic mass is 9.87. The predicted molar refractivity (Wildman–Crippen MR) is 89.7 cm³/mol. The van der Waals surface area contributed by atoms with Gasteiger partial charge in [0.25, 0.3) is 5.91 Å². The van der Waals surface area contributed by atoms with E-state index < -0.39 is 0 Å². The van der Waals surface area contributed by atoms with Crippen molar-refractivity contribution in [1.29, 1.82) is 0 Å². The van der Waals surface area contributed by atoms with Crippen LogP contribution in [0.3, 0.4) is 0 Å². The molecule has 1 fully saturated rings. The van der Waals surface area contributed by atoms with Crippen molar-refractivity contribution in [3.05, 3.63) is 35.4 Å². The van der Waals surface area contributed by atoms with E-state index >= 15 is 0 Å². The third-order valence-corrected chi connectivity index (χ3v) is 4.38. The highest BCUT2D eigenvalue weighted by atomic mass is 35.5. The van der Waals surface area contributed by atoms with E-state index in [1.165, 1.54) is 32.1 Å². The highest BCUT2D eigenvalue weighted by Gasteiger charge is 2.16. The molecule has 0 radical (unpaired) electrons. The summed E-state index contributed by atoms with van der Waals surface area (Å²) in [5.41, 5.74) is 7.39. The first kappa shape index (κ1) is 18.0. The Kier molecular flexibility index (Phi) is 7.76. The molecule has 0 heterocycles. The first-order valence-electron chi connectivity index (χ1n) is 7.75. The van der Waals surface area contributed by atoms with Crippen molar-refractivity contribution in [3.8, 4) is 0 Å². The molecule has 21 heavy (non-hydrogen) atoms. The highest BCUT2D eigenvalue weighted by molar-refractivity contribution is 5.94. The average molecular weight is 311 g/mol. The Hall–Kier alpha value is -1.06. The zero-order valence-corrected chi connectivity index (χ0v) is 13.7. The molecule has 0 saturated heterocycles. The van der Waals surface area contributed by atoms with Crippen molar-refractivity contribution in [2.24, 2.45) is 11.7 Å². The quantitative estimate of drug-likeness (QED) is 0.903. The van der Waals surface area contributed by atoms with Crippen LogP contribution < -0.4 is 5.73 Å². The number of halogens is 1. The number of hydrogen-bond donors (Lipinski definition) is 1. The molecule has 1 saturated carbocycles. The van der Waals surface area contributed by atoms with Crippen LogP contribution in [0.5, 0.6) is 0 Å². The van der Waals surface area contributed by atoms with Crippen LogP contribution in [-0.2, 0) is 6.54 Å². The minimum Gasteiger partial charge on any atom is -0.342 e. The summed E-state index contributed by atoms with van der Waals surface area (Å²) < 4.78 is 0. The predicted octanol–water partition coefficient (Wildman–Crippen LogP) is 3.61. The van der Waals surface area contributed by atoms with Gasteiger partial charge < -0.3 is 10.6 Å². The summed E-state index contributed by atoms with van der Waals surface area (Å²) in [7, 11) is 1.90. The number of nitrogens with zero attached hydrogens (tertiary/aromatic N) is 1. The molecular formula is C17H27ClN2O. The third-order valence-electron chi connectivity index (χ3n) is 4.38. The number of hydrogen-bond acceptors (Lipinski definition) is 2. The van der Waals surface area contributed by atoms with Crippen LogP contribution in [0.1, 0.15) is 54.4 Å². The Morgan fingerprint density at radius 3 is 2.38 bits per heavy atom. The normalized spacial score (nSPS) is 15.3. The van der Waals surface area contributed by atoms with Gasteiger partial charge in [0, 0.05) is 25.7 Å². The van der Waals surface area contributed by atoms with E-state index in [1.54, 1.807) is 0 Å². The van der Waals surface area contributed by atoms with E-state index in [2.05, 4.69) is 0 Å². The van der Waals surface area contributed by atoms with Gasteiger partial charge in [0.1, 0.15) is 0 Å². The lowest BCUT2D eigenvalue weighted by Crippen LogP contribution is -2.29. The summed E-state index contributed by atoms with van der Waals surface area (Å²) in [5.74, 6) is 0.933. The van der Waals surface area contributed by atoms with Crippen LogP contribution in [0.15, 0.2) is 24.3 Å². The molecule has 1 aromatic carbocycles. The summed E-state index contributed by atoms with van der Waals surface area (Å²) in [6, 6.07) is 7.62. The van der Waals surface area contributed by atoms with Crippen molar-refractivity contribution in [2.75, 3.05) is 13.6 Å². The Morgan fingerprint density at radius 1 is 1.19 bits per heavy atom. The van der Waals surface area contributed by atoms with E-state index in [1.807, 2.05) is 36.2 Å².